The van der Waals surface area contributed by atoms with E-state index < -0.39 is 5.60 Å². The summed E-state index contributed by atoms with van der Waals surface area (Å²) >= 11 is 1.61. The minimum atomic E-state index is -0.966. The lowest BCUT2D eigenvalue weighted by Gasteiger charge is -2.27. The molecule has 0 saturated carbocycles. The first-order valence-electron chi connectivity index (χ1n) is 6.26. The number of aliphatic hydroxyl groups is 2. The van der Waals surface area contributed by atoms with Crippen LogP contribution in [0.3, 0.4) is 0 Å². The van der Waals surface area contributed by atoms with Crippen LogP contribution in [-0.4, -0.2) is 40.9 Å². The summed E-state index contributed by atoms with van der Waals surface area (Å²) in [7, 11) is 1.53. The second kappa shape index (κ2) is 7.70. The van der Waals surface area contributed by atoms with Crippen LogP contribution >= 0.6 is 11.8 Å². The van der Waals surface area contributed by atoms with Crippen molar-refractivity contribution < 1.29 is 14.9 Å². The molecule has 3 atom stereocenters. The largest absolute Gasteiger partial charge is 0.393 e. The summed E-state index contributed by atoms with van der Waals surface area (Å²) in [5.41, 5.74) is -0.966. The van der Waals surface area contributed by atoms with Gasteiger partial charge in [-0.15, -0.1) is 11.8 Å². The Labute approximate surface area is 119 Å². The molecule has 0 aliphatic rings. The number of ether oxygens (including phenoxy) is 1. The molecule has 1 aromatic carbocycles. The maximum absolute atomic E-state index is 10.4. The van der Waals surface area contributed by atoms with Gasteiger partial charge in [-0.25, -0.2) is 0 Å². The molecule has 1 rings (SSSR count). The zero-order valence-corrected chi connectivity index (χ0v) is 12.4. The van der Waals surface area contributed by atoms with Gasteiger partial charge < -0.3 is 14.9 Å². The number of rotatable bonds is 7. The third-order valence-electron chi connectivity index (χ3n) is 3.01. The van der Waals surface area contributed by atoms with E-state index in [9.17, 15) is 5.11 Å². The summed E-state index contributed by atoms with van der Waals surface area (Å²) in [6.45, 7) is 3.64. The van der Waals surface area contributed by atoms with Gasteiger partial charge >= 0.3 is 0 Å². The van der Waals surface area contributed by atoms with Gasteiger partial charge in [-0.2, -0.15) is 0 Å². The molecule has 0 unspecified atom stereocenters. The first-order chi connectivity index (χ1) is 8.99. The highest BCUT2D eigenvalue weighted by Gasteiger charge is 2.26. The highest BCUT2D eigenvalue weighted by atomic mass is 32.2. The van der Waals surface area contributed by atoms with Crippen molar-refractivity contribution in [3.63, 3.8) is 0 Å². The number of thioether (sulfide) groups is 1. The van der Waals surface area contributed by atoms with Crippen LogP contribution in [0, 0.1) is 0 Å². The zero-order valence-electron chi connectivity index (χ0n) is 11.6. The van der Waals surface area contributed by atoms with Crippen molar-refractivity contribution in [2.45, 2.75) is 35.7 Å². The Bertz CT molecular complexity index is 386. The Balaban J connectivity index is 2.65. The lowest BCUT2D eigenvalue weighted by molar-refractivity contribution is 0.0767. The van der Waals surface area contributed by atoms with Gasteiger partial charge in [0.15, 0.2) is 0 Å². The molecular weight excluding hydrogens is 260 g/mol. The first-order valence-corrected chi connectivity index (χ1v) is 7.14. The summed E-state index contributed by atoms with van der Waals surface area (Å²) in [6.07, 6.45) is 3.01. The molecule has 0 radical (unpaired) electrons. The Kier molecular flexibility index (Phi) is 6.58. The second-order valence-corrected chi connectivity index (χ2v) is 6.03. The summed E-state index contributed by atoms with van der Waals surface area (Å²) in [5, 5.41) is 19.5. The minimum Gasteiger partial charge on any atom is -0.393 e. The molecule has 0 aromatic heterocycles. The lowest BCUT2D eigenvalue weighted by atomic mass is 10.0. The van der Waals surface area contributed by atoms with E-state index in [-0.39, 0.29) is 18.0 Å². The summed E-state index contributed by atoms with van der Waals surface area (Å²) in [5.74, 6) is 0. The van der Waals surface area contributed by atoms with Crippen LogP contribution in [0.25, 0.3) is 0 Å². The molecule has 4 heteroatoms. The fraction of sp³-hybridized carbons (Fsp3) is 0.467. The van der Waals surface area contributed by atoms with Crippen molar-refractivity contribution in [3.8, 4) is 0 Å². The standard InChI is InChI=1S/C15H22O3S/c1-12(19-14-7-5-4-6-8-14)15(2,17)10-9-13(11-16)18-3/h4-10,12-13,16-17H,11H2,1-3H3/b10-9+/t12-,13+,15+/m0/s1. The van der Waals surface area contributed by atoms with Crippen LogP contribution in [0.5, 0.6) is 0 Å². The number of hydrogen-bond donors (Lipinski definition) is 2. The predicted octanol–water partition coefficient (Wildman–Crippen LogP) is 2.48. The normalized spacial score (nSPS) is 18.2. The fourth-order valence-corrected chi connectivity index (χ4v) is 2.51. The van der Waals surface area contributed by atoms with Gasteiger partial charge in [-0.05, 0) is 26.0 Å². The molecule has 0 aliphatic heterocycles. The average Bonchev–Trinajstić information content (AvgIpc) is 2.41. The van der Waals surface area contributed by atoms with Crippen molar-refractivity contribution >= 4 is 11.8 Å². The third-order valence-corrected chi connectivity index (χ3v) is 4.39. The van der Waals surface area contributed by atoms with Crippen molar-refractivity contribution in [1.82, 2.24) is 0 Å². The maximum Gasteiger partial charge on any atom is 0.0983 e. The number of benzene rings is 1. The summed E-state index contributed by atoms with van der Waals surface area (Å²) in [4.78, 5) is 1.12. The van der Waals surface area contributed by atoms with Gasteiger partial charge in [-0.3, -0.25) is 0 Å². The van der Waals surface area contributed by atoms with Crippen LogP contribution in [-0.2, 0) is 4.74 Å². The Morgan fingerprint density at radius 3 is 2.53 bits per heavy atom. The molecule has 2 N–H and O–H groups in total. The minimum absolute atomic E-state index is 0.0117. The van der Waals surface area contributed by atoms with Crippen molar-refractivity contribution in [2.24, 2.45) is 0 Å². The highest BCUT2D eigenvalue weighted by Crippen LogP contribution is 2.30. The predicted molar refractivity (Wildman–Crippen MR) is 79.4 cm³/mol. The van der Waals surface area contributed by atoms with Crippen molar-refractivity contribution in [3.05, 3.63) is 42.5 Å². The topological polar surface area (TPSA) is 49.7 Å². The molecule has 0 spiro atoms. The molecule has 3 nitrogen and oxygen atoms in total. The van der Waals surface area contributed by atoms with Crippen LogP contribution in [0.2, 0.25) is 0 Å². The van der Waals surface area contributed by atoms with E-state index >= 15 is 0 Å². The van der Waals surface area contributed by atoms with Gasteiger partial charge in [0.2, 0.25) is 0 Å². The van der Waals surface area contributed by atoms with E-state index in [0.29, 0.717) is 0 Å². The maximum atomic E-state index is 10.4. The first kappa shape index (κ1) is 16.2. The molecule has 19 heavy (non-hydrogen) atoms. The number of methoxy groups -OCH3 is 1. The van der Waals surface area contributed by atoms with Crippen molar-refractivity contribution in [2.75, 3.05) is 13.7 Å². The molecule has 0 saturated heterocycles. The highest BCUT2D eigenvalue weighted by molar-refractivity contribution is 8.00. The Morgan fingerprint density at radius 2 is 2.00 bits per heavy atom. The SMILES string of the molecule is CO[C@H](/C=C/[C@@](C)(O)[C@H](C)Sc1ccccc1)CO. The van der Waals surface area contributed by atoms with Crippen molar-refractivity contribution in [1.29, 1.82) is 0 Å². The Morgan fingerprint density at radius 1 is 1.37 bits per heavy atom. The molecule has 0 bridgehead atoms. The van der Waals surface area contributed by atoms with Crippen LogP contribution in [0.15, 0.2) is 47.4 Å². The molecule has 106 valence electrons. The van der Waals surface area contributed by atoms with Gasteiger partial charge in [0.1, 0.15) is 0 Å². The monoisotopic (exact) mass is 282 g/mol. The van der Waals surface area contributed by atoms with E-state index in [4.69, 9.17) is 9.84 Å². The molecule has 0 heterocycles. The molecule has 1 aromatic rings. The number of aliphatic hydroxyl groups excluding tert-OH is 1. The summed E-state index contributed by atoms with van der Waals surface area (Å²) < 4.78 is 5.04. The van der Waals surface area contributed by atoms with E-state index in [2.05, 4.69) is 0 Å². The van der Waals surface area contributed by atoms with Gasteiger partial charge in [0.05, 0.1) is 18.3 Å². The van der Waals surface area contributed by atoms with Gasteiger partial charge in [-0.1, -0.05) is 30.4 Å². The molecule has 0 fully saturated rings. The van der Waals surface area contributed by atoms with E-state index in [1.54, 1.807) is 30.8 Å². The summed E-state index contributed by atoms with van der Waals surface area (Å²) in [6, 6.07) is 9.97. The molecule has 0 aliphatic carbocycles. The van der Waals surface area contributed by atoms with E-state index in [1.165, 1.54) is 7.11 Å². The fourth-order valence-electron chi connectivity index (χ4n) is 1.47. The molecular formula is C15H22O3S. The second-order valence-electron chi connectivity index (χ2n) is 4.61. The van der Waals surface area contributed by atoms with E-state index in [1.807, 2.05) is 37.3 Å². The lowest BCUT2D eigenvalue weighted by Crippen LogP contribution is -2.33. The van der Waals surface area contributed by atoms with E-state index in [0.717, 1.165) is 4.90 Å². The average molecular weight is 282 g/mol. The van der Waals surface area contributed by atoms with Crippen LogP contribution in [0.1, 0.15) is 13.8 Å². The quantitative estimate of drug-likeness (QED) is 0.596. The smallest absolute Gasteiger partial charge is 0.0983 e. The molecule has 0 amide bonds. The van der Waals surface area contributed by atoms with Gasteiger partial charge in [0, 0.05) is 17.3 Å². The van der Waals surface area contributed by atoms with Crippen LogP contribution < -0.4 is 0 Å². The zero-order chi connectivity index (χ0) is 14.3. The number of hydrogen-bond acceptors (Lipinski definition) is 4. The van der Waals surface area contributed by atoms with Gasteiger partial charge in [0.25, 0.3) is 0 Å². The third kappa shape index (κ3) is 5.37. The Hall–Kier alpha value is -0.810. The van der Waals surface area contributed by atoms with Crippen LogP contribution in [0.4, 0.5) is 0 Å².